The molecule has 0 aliphatic heterocycles. The lowest BCUT2D eigenvalue weighted by atomic mass is 9.47. The zero-order valence-electron chi connectivity index (χ0n) is 20.6. The molecule has 0 N–H and O–H groups in total. The van der Waals surface area contributed by atoms with Gasteiger partial charge in [0.1, 0.15) is 6.10 Å². The van der Waals surface area contributed by atoms with Crippen LogP contribution in [0.25, 0.3) is 0 Å². The molecular formula is C28H45FO2. The first-order chi connectivity index (χ1) is 14.6. The van der Waals surface area contributed by atoms with E-state index in [9.17, 15) is 9.18 Å². The van der Waals surface area contributed by atoms with Crippen molar-refractivity contribution >= 4 is 6.22 Å². The number of carbonyl (C=O) groups excluding carboxylic acids is 1. The molecule has 0 amide bonds. The molecule has 3 fully saturated rings. The minimum Gasteiger partial charge on any atom is -0.437 e. The van der Waals surface area contributed by atoms with Gasteiger partial charge in [-0.2, -0.15) is 0 Å². The summed E-state index contributed by atoms with van der Waals surface area (Å²) in [6.45, 7) is 12.3. The number of rotatable bonds is 6. The van der Waals surface area contributed by atoms with Crippen molar-refractivity contribution in [1.29, 1.82) is 0 Å². The van der Waals surface area contributed by atoms with E-state index in [1.165, 1.54) is 56.9 Å². The Morgan fingerprint density at radius 2 is 1.87 bits per heavy atom. The van der Waals surface area contributed by atoms with E-state index in [1.54, 1.807) is 0 Å². The predicted octanol–water partition coefficient (Wildman–Crippen LogP) is 8.50. The maximum atomic E-state index is 12.8. The van der Waals surface area contributed by atoms with Gasteiger partial charge in [0, 0.05) is 6.42 Å². The first-order valence-corrected chi connectivity index (χ1v) is 13.2. The van der Waals surface area contributed by atoms with Crippen LogP contribution in [0.5, 0.6) is 0 Å². The van der Waals surface area contributed by atoms with Crippen molar-refractivity contribution in [3.05, 3.63) is 11.6 Å². The second-order valence-electron chi connectivity index (χ2n) is 12.5. The number of hydrogen-bond acceptors (Lipinski definition) is 2. The number of halogens is 1. The van der Waals surface area contributed by atoms with Crippen molar-refractivity contribution in [3.63, 3.8) is 0 Å². The average Bonchev–Trinajstić information content (AvgIpc) is 3.05. The van der Waals surface area contributed by atoms with Gasteiger partial charge in [-0.1, -0.05) is 65.5 Å². The van der Waals surface area contributed by atoms with E-state index in [2.05, 4.69) is 40.7 Å². The summed E-state index contributed by atoms with van der Waals surface area (Å²) in [5.41, 5.74) is 2.19. The average molecular weight is 433 g/mol. The second kappa shape index (κ2) is 8.82. The number of ether oxygens (including phenoxy) is 1. The molecular weight excluding hydrogens is 387 g/mol. The van der Waals surface area contributed by atoms with Crippen LogP contribution in [0.15, 0.2) is 11.6 Å². The zero-order chi connectivity index (χ0) is 22.4. The lowest BCUT2D eigenvalue weighted by Gasteiger charge is -2.58. The minimum absolute atomic E-state index is 0.227. The summed E-state index contributed by atoms with van der Waals surface area (Å²) in [4.78, 5) is 10.8. The van der Waals surface area contributed by atoms with Crippen LogP contribution in [0.1, 0.15) is 105 Å². The summed E-state index contributed by atoms with van der Waals surface area (Å²) in [6.07, 6.45) is 14.1. The first kappa shape index (κ1) is 23.3. The summed E-state index contributed by atoms with van der Waals surface area (Å²) >= 11 is 0. The Morgan fingerprint density at radius 1 is 1.10 bits per heavy atom. The first-order valence-electron chi connectivity index (χ1n) is 13.2. The summed E-state index contributed by atoms with van der Waals surface area (Å²) in [5, 5.41) is 0. The maximum absolute atomic E-state index is 12.8. The van der Waals surface area contributed by atoms with Crippen LogP contribution in [0, 0.1) is 46.3 Å². The number of fused-ring (bicyclic) bond motifs is 5. The molecule has 176 valence electrons. The fraction of sp³-hybridized carbons (Fsp3) is 0.893. The van der Waals surface area contributed by atoms with Gasteiger partial charge in [0.2, 0.25) is 0 Å². The molecule has 4 aliphatic rings. The molecule has 0 radical (unpaired) electrons. The fourth-order valence-corrected chi connectivity index (χ4v) is 8.88. The lowest BCUT2D eigenvalue weighted by molar-refractivity contribution is -0.0590. The lowest BCUT2D eigenvalue weighted by Crippen LogP contribution is -2.51. The van der Waals surface area contributed by atoms with Gasteiger partial charge < -0.3 is 4.74 Å². The molecule has 0 aromatic heterocycles. The Kier molecular flexibility index (Phi) is 6.63. The van der Waals surface area contributed by atoms with Gasteiger partial charge in [0.15, 0.2) is 0 Å². The number of hydrogen-bond donors (Lipinski definition) is 0. The molecule has 4 aliphatic carbocycles. The van der Waals surface area contributed by atoms with E-state index in [4.69, 9.17) is 4.74 Å². The molecule has 3 heteroatoms. The minimum atomic E-state index is -1.61. The third-order valence-corrected chi connectivity index (χ3v) is 10.5. The van der Waals surface area contributed by atoms with Gasteiger partial charge >= 0.3 is 6.22 Å². The quantitative estimate of drug-likeness (QED) is 0.310. The van der Waals surface area contributed by atoms with Crippen LogP contribution in [-0.4, -0.2) is 12.3 Å². The molecule has 0 saturated heterocycles. The Balaban J connectivity index is 1.47. The number of allylic oxidation sites excluding steroid dienone is 1. The van der Waals surface area contributed by atoms with Crippen molar-refractivity contribution in [1.82, 2.24) is 0 Å². The van der Waals surface area contributed by atoms with E-state index in [-0.39, 0.29) is 11.5 Å². The third kappa shape index (κ3) is 4.24. The van der Waals surface area contributed by atoms with Gasteiger partial charge in [-0.25, -0.2) is 4.79 Å². The molecule has 0 heterocycles. The normalized spacial score (nSPS) is 42.9. The molecule has 8 atom stereocenters. The molecule has 3 saturated carbocycles. The standard InChI is InChI=1S/C28H45FO2/c1-18(2)7-6-8-19(3)23-11-12-24-22-10-9-20-17-21(31-26(29)30)13-15-27(20,4)25(22)14-16-28(23,24)5/h9,18-19,21-25H,6-8,10-17H2,1-5H3/t19-,21?,22+,23-,24+,25+,27+,28-/m1/s1. The van der Waals surface area contributed by atoms with E-state index >= 15 is 0 Å². The second-order valence-corrected chi connectivity index (χ2v) is 12.5. The topological polar surface area (TPSA) is 26.3 Å². The maximum Gasteiger partial charge on any atom is 0.495 e. The molecule has 0 bridgehead atoms. The molecule has 31 heavy (non-hydrogen) atoms. The van der Waals surface area contributed by atoms with Crippen LogP contribution in [0.3, 0.4) is 0 Å². The Labute approximate surface area is 189 Å². The van der Waals surface area contributed by atoms with Gasteiger partial charge in [-0.15, -0.1) is 4.39 Å². The van der Waals surface area contributed by atoms with Crippen molar-refractivity contribution in [2.45, 2.75) is 111 Å². The van der Waals surface area contributed by atoms with Crippen LogP contribution in [0.4, 0.5) is 9.18 Å². The van der Waals surface area contributed by atoms with Crippen LogP contribution in [0.2, 0.25) is 0 Å². The molecule has 0 aromatic carbocycles. The van der Waals surface area contributed by atoms with Crippen LogP contribution in [-0.2, 0) is 4.74 Å². The van der Waals surface area contributed by atoms with E-state index in [0.717, 1.165) is 54.8 Å². The van der Waals surface area contributed by atoms with Crippen molar-refractivity contribution < 1.29 is 13.9 Å². The molecule has 4 rings (SSSR count). The monoisotopic (exact) mass is 432 g/mol. The molecule has 0 aromatic rings. The SMILES string of the molecule is CC(C)CCC[C@@H](C)[C@H]1CC[C@H]2[C@@H]3CC=C4CC(OC(=O)F)CC[C@]4(C)[C@H]3CC[C@]12C. The van der Waals surface area contributed by atoms with Gasteiger partial charge in [0.05, 0.1) is 0 Å². The van der Waals surface area contributed by atoms with Gasteiger partial charge in [0.25, 0.3) is 0 Å². The summed E-state index contributed by atoms with van der Waals surface area (Å²) < 4.78 is 17.7. The highest BCUT2D eigenvalue weighted by Crippen LogP contribution is 2.67. The molecule has 2 nitrogen and oxygen atoms in total. The summed E-state index contributed by atoms with van der Waals surface area (Å²) in [6, 6.07) is 0. The van der Waals surface area contributed by atoms with Crippen molar-refractivity contribution in [2.24, 2.45) is 46.3 Å². The van der Waals surface area contributed by atoms with Crippen LogP contribution >= 0.6 is 0 Å². The highest BCUT2D eigenvalue weighted by molar-refractivity contribution is 5.58. The largest absolute Gasteiger partial charge is 0.495 e. The smallest absolute Gasteiger partial charge is 0.437 e. The van der Waals surface area contributed by atoms with E-state index in [0.29, 0.717) is 5.41 Å². The van der Waals surface area contributed by atoms with Crippen LogP contribution < -0.4 is 0 Å². The Hall–Kier alpha value is -0.860. The van der Waals surface area contributed by atoms with E-state index < -0.39 is 6.22 Å². The Bertz CT molecular complexity index is 699. The molecule has 0 spiro atoms. The van der Waals surface area contributed by atoms with Crippen molar-refractivity contribution in [2.75, 3.05) is 0 Å². The Morgan fingerprint density at radius 3 is 2.58 bits per heavy atom. The van der Waals surface area contributed by atoms with Crippen molar-refractivity contribution in [3.8, 4) is 0 Å². The highest BCUT2D eigenvalue weighted by atomic mass is 19.1. The van der Waals surface area contributed by atoms with E-state index in [1.807, 2.05) is 0 Å². The number of carbonyl (C=O) groups is 1. The van der Waals surface area contributed by atoms with Gasteiger partial charge in [-0.05, 0) is 91.3 Å². The third-order valence-electron chi connectivity index (χ3n) is 10.5. The zero-order valence-corrected chi connectivity index (χ0v) is 20.6. The summed E-state index contributed by atoms with van der Waals surface area (Å²) in [7, 11) is 0. The highest BCUT2D eigenvalue weighted by Gasteiger charge is 2.59. The fourth-order valence-electron chi connectivity index (χ4n) is 8.88. The summed E-state index contributed by atoms with van der Waals surface area (Å²) in [5.74, 6) is 4.98. The molecule has 1 unspecified atom stereocenters. The predicted molar refractivity (Wildman–Crippen MR) is 124 cm³/mol. The van der Waals surface area contributed by atoms with Gasteiger partial charge in [-0.3, -0.25) is 0 Å².